The summed E-state index contributed by atoms with van der Waals surface area (Å²) in [7, 11) is 0. The van der Waals surface area contributed by atoms with Crippen LogP contribution in [0.15, 0.2) is 18.2 Å². The first kappa shape index (κ1) is 12.8. The molecule has 0 aliphatic carbocycles. The number of rotatable bonds is 4. The predicted molar refractivity (Wildman–Crippen MR) is 61.7 cm³/mol. The van der Waals surface area contributed by atoms with Crippen LogP contribution in [0.25, 0.3) is 0 Å². The van der Waals surface area contributed by atoms with Crippen molar-refractivity contribution >= 4 is 17.4 Å². The van der Waals surface area contributed by atoms with Crippen molar-refractivity contribution in [2.75, 3.05) is 11.9 Å². The summed E-state index contributed by atoms with van der Waals surface area (Å²) in [5, 5.41) is 12.8. The van der Waals surface area contributed by atoms with Gasteiger partial charge in [-0.05, 0) is 19.1 Å². The Bertz CT molecular complexity index is 482. The molecule has 0 aromatic heterocycles. The molecule has 1 N–H and O–H groups in total. The Labute approximate surface area is 97.8 Å². The molecular weight excluding hydrogens is 224 g/mol. The van der Waals surface area contributed by atoms with Crippen LogP contribution in [0.5, 0.6) is 0 Å². The van der Waals surface area contributed by atoms with Crippen LogP contribution in [0.2, 0.25) is 0 Å². The summed E-state index contributed by atoms with van der Waals surface area (Å²) in [6.45, 7) is 2.29. The second kappa shape index (κ2) is 5.20. The fourth-order valence-corrected chi connectivity index (χ4v) is 1.39. The highest BCUT2D eigenvalue weighted by molar-refractivity contribution is 6.05. The molecule has 0 spiro atoms. The molecule has 1 aromatic rings. The van der Waals surface area contributed by atoms with Crippen LogP contribution in [0, 0.1) is 17.0 Å². The second-order valence-electron chi connectivity index (χ2n) is 3.64. The highest BCUT2D eigenvalue weighted by atomic mass is 16.6. The van der Waals surface area contributed by atoms with E-state index in [9.17, 15) is 19.7 Å². The van der Waals surface area contributed by atoms with Gasteiger partial charge in [-0.1, -0.05) is 11.6 Å². The molecule has 0 aliphatic rings. The molecule has 6 nitrogen and oxygen atoms in total. The Hall–Kier alpha value is -2.24. The molecule has 0 fully saturated rings. The number of hydrogen-bond acceptors (Lipinski definition) is 4. The molecule has 0 aliphatic heterocycles. The quantitative estimate of drug-likeness (QED) is 0.486. The molecule has 90 valence electrons. The summed E-state index contributed by atoms with van der Waals surface area (Å²) < 4.78 is 0. The first-order valence-corrected chi connectivity index (χ1v) is 4.93. The zero-order valence-corrected chi connectivity index (χ0v) is 9.52. The van der Waals surface area contributed by atoms with Crippen LogP contribution < -0.4 is 5.32 Å². The number of Topliss-reactive ketones (excluding diaryl/α,β-unsaturated/α-hetero) is 1. The molecule has 0 saturated carbocycles. The lowest BCUT2D eigenvalue weighted by atomic mass is 10.1. The van der Waals surface area contributed by atoms with Gasteiger partial charge in [-0.2, -0.15) is 0 Å². The zero-order valence-electron chi connectivity index (χ0n) is 9.52. The minimum Gasteiger partial charge on any atom is -0.326 e. The molecule has 0 heterocycles. The third-order valence-corrected chi connectivity index (χ3v) is 2.06. The predicted octanol–water partition coefficient (Wildman–Crippen LogP) is 1.41. The molecule has 1 amide bonds. The van der Waals surface area contributed by atoms with Crippen LogP contribution >= 0.6 is 0 Å². The summed E-state index contributed by atoms with van der Waals surface area (Å²) in [5.74, 6) is -0.952. The first-order valence-electron chi connectivity index (χ1n) is 4.93. The van der Waals surface area contributed by atoms with Crippen molar-refractivity contribution in [2.45, 2.75) is 13.8 Å². The fourth-order valence-electron chi connectivity index (χ4n) is 1.39. The largest absolute Gasteiger partial charge is 0.326 e. The Morgan fingerprint density at radius 2 is 2.06 bits per heavy atom. The van der Waals surface area contributed by atoms with Crippen molar-refractivity contribution in [2.24, 2.45) is 0 Å². The van der Waals surface area contributed by atoms with Crippen molar-refractivity contribution < 1.29 is 14.5 Å². The van der Waals surface area contributed by atoms with Gasteiger partial charge >= 0.3 is 0 Å². The Morgan fingerprint density at radius 3 is 2.59 bits per heavy atom. The van der Waals surface area contributed by atoms with Gasteiger partial charge in [-0.25, -0.2) is 0 Å². The van der Waals surface area contributed by atoms with Gasteiger partial charge in [-0.3, -0.25) is 19.7 Å². The van der Waals surface area contributed by atoms with Crippen LogP contribution in [0.3, 0.4) is 0 Å². The van der Waals surface area contributed by atoms with Crippen LogP contribution in [-0.2, 0) is 4.79 Å². The number of anilines is 1. The number of carbonyl (C=O) groups is 2. The maximum absolute atomic E-state index is 11.6. The molecular formula is C11H12N2O4. The van der Waals surface area contributed by atoms with E-state index in [0.29, 0.717) is 5.69 Å². The van der Waals surface area contributed by atoms with Crippen LogP contribution in [0.4, 0.5) is 5.69 Å². The van der Waals surface area contributed by atoms with Gasteiger partial charge in [0.2, 0.25) is 11.7 Å². The average molecular weight is 236 g/mol. The van der Waals surface area contributed by atoms with E-state index < -0.39 is 17.3 Å². The summed E-state index contributed by atoms with van der Waals surface area (Å²) in [4.78, 5) is 32.2. The smallest absolute Gasteiger partial charge is 0.265 e. The number of benzene rings is 1. The van der Waals surface area contributed by atoms with Crippen molar-refractivity contribution in [1.29, 1.82) is 0 Å². The number of carbonyl (C=O) groups excluding carboxylic acids is 2. The maximum Gasteiger partial charge on any atom is 0.265 e. The molecule has 0 radical (unpaired) electrons. The van der Waals surface area contributed by atoms with Crippen LogP contribution in [-0.4, -0.2) is 23.2 Å². The number of nitrogens with one attached hydrogen (secondary N) is 1. The standard InChI is InChI=1S/C11H12N2O4/c1-7-3-4-10(12-8(2)14)9(5-7)11(15)6-13(16)17/h3-5H,6H2,1-2H3,(H,12,14). The third-order valence-electron chi connectivity index (χ3n) is 2.06. The summed E-state index contributed by atoms with van der Waals surface area (Å²) in [5.41, 5.74) is 1.26. The third kappa shape index (κ3) is 3.67. The van der Waals surface area contributed by atoms with E-state index in [1.807, 2.05) is 0 Å². The monoisotopic (exact) mass is 236 g/mol. The van der Waals surface area contributed by atoms with Gasteiger partial charge in [0.25, 0.3) is 6.54 Å². The van der Waals surface area contributed by atoms with Crippen molar-refractivity contribution in [1.82, 2.24) is 0 Å². The Kier molecular flexibility index (Phi) is 3.92. The highest BCUT2D eigenvalue weighted by Gasteiger charge is 2.17. The van der Waals surface area contributed by atoms with Crippen LogP contribution in [0.1, 0.15) is 22.8 Å². The minimum atomic E-state index is -0.782. The van der Waals surface area contributed by atoms with Gasteiger partial charge in [0, 0.05) is 17.4 Å². The zero-order chi connectivity index (χ0) is 13.0. The van der Waals surface area contributed by atoms with Gasteiger partial charge in [0.05, 0.1) is 5.69 Å². The van der Waals surface area contributed by atoms with E-state index in [2.05, 4.69) is 5.32 Å². The molecule has 0 saturated heterocycles. The van der Waals surface area contributed by atoms with E-state index in [1.165, 1.54) is 13.0 Å². The number of ketones is 1. The molecule has 0 bridgehead atoms. The van der Waals surface area contributed by atoms with Gasteiger partial charge < -0.3 is 5.32 Å². The van der Waals surface area contributed by atoms with E-state index in [4.69, 9.17) is 0 Å². The number of nitro groups is 1. The lowest BCUT2D eigenvalue weighted by Gasteiger charge is -2.08. The normalized spacial score (nSPS) is 9.76. The van der Waals surface area contributed by atoms with E-state index in [0.717, 1.165) is 5.56 Å². The Balaban J connectivity index is 3.10. The molecule has 0 atom stereocenters. The summed E-state index contributed by atoms with van der Waals surface area (Å²) in [6.07, 6.45) is 0. The fraction of sp³-hybridized carbons (Fsp3) is 0.273. The topological polar surface area (TPSA) is 89.3 Å². The number of hydrogen-bond donors (Lipinski definition) is 1. The summed E-state index contributed by atoms with van der Waals surface area (Å²) >= 11 is 0. The molecule has 6 heteroatoms. The summed E-state index contributed by atoms with van der Waals surface area (Å²) in [6, 6.07) is 4.80. The van der Waals surface area contributed by atoms with Crippen molar-refractivity contribution in [3.63, 3.8) is 0 Å². The molecule has 1 aromatic carbocycles. The van der Waals surface area contributed by atoms with Crippen molar-refractivity contribution in [3.05, 3.63) is 39.4 Å². The maximum atomic E-state index is 11.6. The lowest BCUT2D eigenvalue weighted by molar-refractivity contribution is -0.465. The highest BCUT2D eigenvalue weighted by Crippen LogP contribution is 2.18. The average Bonchev–Trinajstić information content (AvgIpc) is 2.19. The first-order chi connectivity index (χ1) is 7.90. The number of amides is 1. The molecule has 0 unspecified atom stereocenters. The SMILES string of the molecule is CC(=O)Nc1ccc(C)cc1C(=O)C[N+](=O)[O-]. The second-order valence-corrected chi connectivity index (χ2v) is 3.64. The number of aryl methyl sites for hydroxylation is 1. The van der Waals surface area contributed by atoms with Gasteiger partial charge in [0.1, 0.15) is 0 Å². The minimum absolute atomic E-state index is 0.164. The van der Waals surface area contributed by atoms with E-state index in [-0.39, 0.29) is 11.5 Å². The van der Waals surface area contributed by atoms with Crippen molar-refractivity contribution in [3.8, 4) is 0 Å². The van der Waals surface area contributed by atoms with E-state index in [1.54, 1.807) is 19.1 Å². The number of nitrogens with zero attached hydrogens (tertiary/aromatic N) is 1. The van der Waals surface area contributed by atoms with Gasteiger partial charge in [0.15, 0.2) is 0 Å². The van der Waals surface area contributed by atoms with Gasteiger partial charge in [-0.15, -0.1) is 0 Å². The molecule has 1 rings (SSSR count). The lowest BCUT2D eigenvalue weighted by Crippen LogP contribution is -2.17. The van der Waals surface area contributed by atoms with E-state index >= 15 is 0 Å². The Morgan fingerprint density at radius 1 is 1.41 bits per heavy atom. The molecule has 17 heavy (non-hydrogen) atoms.